The molecule has 0 fully saturated rings. The maximum absolute atomic E-state index is 9.63. The zero-order valence-corrected chi connectivity index (χ0v) is 11.1. The monoisotopic (exact) mass is 272 g/mol. The van der Waals surface area contributed by atoms with Crippen molar-refractivity contribution >= 4 is 10.9 Å². The Morgan fingerprint density at radius 3 is 2.60 bits per heavy atom. The second-order valence-corrected chi connectivity index (χ2v) is 4.68. The van der Waals surface area contributed by atoms with Crippen LogP contribution in [-0.4, -0.2) is 26.9 Å². The summed E-state index contributed by atoms with van der Waals surface area (Å²) in [6.07, 6.45) is 2.64. The molecule has 0 saturated carbocycles. The minimum Gasteiger partial charge on any atom is -0.497 e. The summed E-state index contributed by atoms with van der Waals surface area (Å²) >= 11 is 0. The zero-order chi connectivity index (χ0) is 14.1. The molecule has 3 N–H and O–H groups in total. The lowest BCUT2D eigenvalue weighted by molar-refractivity contribution is 0.368. The highest BCUT2D eigenvalue weighted by molar-refractivity contribution is 5.84. The summed E-state index contributed by atoms with van der Waals surface area (Å²) in [5.74, 6) is 0.949. The number of aryl methyl sites for hydroxylation is 1. The van der Waals surface area contributed by atoms with Crippen LogP contribution in [-0.2, 0) is 13.0 Å². The van der Waals surface area contributed by atoms with Gasteiger partial charge in [-0.15, -0.1) is 0 Å². The average Bonchev–Trinajstić information content (AvgIpc) is 3.00. The molecule has 0 atom stereocenters. The molecule has 0 saturated heterocycles. The third-order valence-electron chi connectivity index (χ3n) is 3.51. The van der Waals surface area contributed by atoms with Crippen molar-refractivity contribution in [1.29, 1.82) is 0 Å². The molecule has 0 aliphatic carbocycles. The number of aromatic nitrogens is 2. The summed E-state index contributed by atoms with van der Waals surface area (Å²) < 4.78 is 6.71. The van der Waals surface area contributed by atoms with Gasteiger partial charge in [0.05, 0.1) is 7.11 Å². The van der Waals surface area contributed by atoms with Crippen LogP contribution in [0.5, 0.6) is 17.5 Å². The van der Waals surface area contributed by atoms with Gasteiger partial charge in [0.2, 0.25) is 0 Å². The summed E-state index contributed by atoms with van der Waals surface area (Å²) in [6, 6.07) is 8.83. The molecular weight excluding hydrogens is 256 g/mol. The van der Waals surface area contributed by atoms with Gasteiger partial charge in [-0.25, -0.2) is 0 Å². The largest absolute Gasteiger partial charge is 0.497 e. The predicted molar refractivity (Wildman–Crippen MR) is 76.3 cm³/mol. The number of fused-ring (bicyclic) bond motifs is 1. The minimum atomic E-state index is 0.0694. The minimum absolute atomic E-state index is 0.0694. The third-order valence-corrected chi connectivity index (χ3v) is 3.51. The van der Waals surface area contributed by atoms with Crippen LogP contribution in [0, 0.1) is 0 Å². The van der Waals surface area contributed by atoms with E-state index in [1.165, 1.54) is 16.7 Å². The number of H-pyrrole nitrogens is 1. The van der Waals surface area contributed by atoms with Crippen LogP contribution in [0.15, 0.2) is 36.5 Å². The van der Waals surface area contributed by atoms with Crippen molar-refractivity contribution < 1.29 is 14.9 Å². The van der Waals surface area contributed by atoms with Crippen LogP contribution in [0.1, 0.15) is 5.56 Å². The second-order valence-electron chi connectivity index (χ2n) is 4.68. The fourth-order valence-electron chi connectivity index (χ4n) is 2.40. The molecule has 0 amide bonds. The highest BCUT2D eigenvalue weighted by atomic mass is 16.5. The van der Waals surface area contributed by atoms with Crippen molar-refractivity contribution in [2.24, 2.45) is 0 Å². The number of hydrogen-bond acceptors (Lipinski definition) is 3. The number of benzene rings is 1. The molecule has 3 aromatic rings. The number of ether oxygens (including phenoxy) is 1. The molecule has 20 heavy (non-hydrogen) atoms. The Morgan fingerprint density at radius 2 is 1.90 bits per heavy atom. The zero-order valence-electron chi connectivity index (χ0n) is 11.1. The van der Waals surface area contributed by atoms with Crippen LogP contribution < -0.4 is 4.74 Å². The number of nitrogens with zero attached hydrogens (tertiary/aromatic N) is 1. The maximum Gasteiger partial charge on any atom is 0.193 e. The maximum atomic E-state index is 9.63. The lowest BCUT2D eigenvalue weighted by atomic mass is 10.1. The molecule has 2 heterocycles. The van der Waals surface area contributed by atoms with Crippen LogP contribution in [0.2, 0.25) is 0 Å². The van der Waals surface area contributed by atoms with Gasteiger partial charge >= 0.3 is 0 Å². The summed E-state index contributed by atoms with van der Waals surface area (Å²) in [4.78, 5) is 3.21. The van der Waals surface area contributed by atoms with Crippen LogP contribution in [0.3, 0.4) is 0 Å². The lowest BCUT2D eigenvalue weighted by Gasteiger charge is -2.06. The molecular formula is C15H16N2O3. The smallest absolute Gasteiger partial charge is 0.193 e. The van der Waals surface area contributed by atoms with Gasteiger partial charge in [0, 0.05) is 35.8 Å². The first-order valence-electron chi connectivity index (χ1n) is 6.40. The van der Waals surface area contributed by atoms with Gasteiger partial charge in [-0.2, -0.15) is 0 Å². The van der Waals surface area contributed by atoms with Crippen molar-refractivity contribution in [2.45, 2.75) is 13.0 Å². The Balaban J connectivity index is 1.87. The lowest BCUT2D eigenvalue weighted by Crippen LogP contribution is -1.99. The highest BCUT2D eigenvalue weighted by Crippen LogP contribution is 2.26. The van der Waals surface area contributed by atoms with E-state index in [2.05, 4.69) is 4.98 Å². The van der Waals surface area contributed by atoms with Crippen LogP contribution >= 0.6 is 0 Å². The fourth-order valence-corrected chi connectivity index (χ4v) is 2.40. The summed E-state index contributed by atoms with van der Waals surface area (Å²) in [5.41, 5.74) is 2.16. The molecule has 5 heteroatoms. The fraction of sp³-hybridized carbons (Fsp3) is 0.200. The Morgan fingerprint density at radius 1 is 1.15 bits per heavy atom. The molecule has 0 aliphatic heterocycles. The molecule has 104 valence electrons. The molecule has 0 unspecified atom stereocenters. The Bertz CT molecular complexity index is 723. The Hall–Kier alpha value is -2.56. The standard InChI is InChI=1S/C15H16N2O3/c1-20-11-2-3-13-12(8-11)10(9-16-13)6-7-17-14(18)4-5-15(17)19/h2-5,8-9,16,18-19H,6-7H2,1H3. The normalized spacial score (nSPS) is 11.1. The highest BCUT2D eigenvalue weighted by Gasteiger charge is 2.09. The first kappa shape index (κ1) is 12.5. The van der Waals surface area contributed by atoms with Gasteiger partial charge in [-0.3, -0.25) is 4.57 Å². The van der Waals surface area contributed by atoms with E-state index in [1.54, 1.807) is 7.11 Å². The molecule has 0 bridgehead atoms. The van der Waals surface area contributed by atoms with Crippen molar-refractivity contribution in [2.75, 3.05) is 7.11 Å². The summed E-state index contributed by atoms with van der Waals surface area (Å²) in [7, 11) is 1.64. The summed E-state index contributed by atoms with van der Waals surface area (Å²) in [6.45, 7) is 0.509. The quantitative estimate of drug-likeness (QED) is 0.683. The number of aromatic hydroxyl groups is 2. The molecule has 0 spiro atoms. The number of aromatic amines is 1. The molecule has 0 radical (unpaired) electrons. The topological polar surface area (TPSA) is 70.4 Å². The molecule has 2 aromatic heterocycles. The van der Waals surface area contributed by atoms with E-state index in [9.17, 15) is 10.2 Å². The molecule has 1 aromatic carbocycles. The molecule has 0 aliphatic rings. The van der Waals surface area contributed by atoms with Gasteiger partial charge in [0.1, 0.15) is 5.75 Å². The number of rotatable bonds is 4. The first-order valence-corrected chi connectivity index (χ1v) is 6.40. The van der Waals surface area contributed by atoms with E-state index in [0.29, 0.717) is 13.0 Å². The Labute approximate surface area is 116 Å². The number of methoxy groups -OCH3 is 1. The van der Waals surface area contributed by atoms with Crippen molar-refractivity contribution in [3.8, 4) is 17.5 Å². The van der Waals surface area contributed by atoms with E-state index in [4.69, 9.17) is 4.74 Å². The average molecular weight is 272 g/mol. The van der Waals surface area contributed by atoms with Crippen LogP contribution in [0.4, 0.5) is 0 Å². The molecule has 3 rings (SSSR count). The Kier molecular flexibility index (Phi) is 3.02. The van der Waals surface area contributed by atoms with E-state index < -0.39 is 0 Å². The van der Waals surface area contributed by atoms with Crippen molar-refractivity contribution in [3.63, 3.8) is 0 Å². The van der Waals surface area contributed by atoms with Gasteiger partial charge in [0.15, 0.2) is 11.8 Å². The molecule has 5 nitrogen and oxygen atoms in total. The van der Waals surface area contributed by atoms with Gasteiger partial charge < -0.3 is 19.9 Å². The van der Waals surface area contributed by atoms with Gasteiger partial charge in [0.25, 0.3) is 0 Å². The third kappa shape index (κ3) is 2.07. The van der Waals surface area contributed by atoms with E-state index >= 15 is 0 Å². The van der Waals surface area contributed by atoms with Crippen LogP contribution in [0.25, 0.3) is 10.9 Å². The predicted octanol–water partition coefficient (Wildman–Crippen LogP) is 2.63. The van der Waals surface area contributed by atoms with Gasteiger partial charge in [-0.1, -0.05) is 0 Å². The van der Waals surface area contributed by atoms with E-state index in [1.807, 2.05) is 24.4 Å². The van der Waals surface area contributed by atoms with Crippen molar-refractivity contribution in [1.82, 2.24) is 9.55 Å². The van der Waals surface area contributed by atoms with Crippen molar-refractivity contribution in [3.05, 3.63) is 42.1 Å². The number of nitrogens with one attached hydrogen (secondary N) is 1. The van der Waals surface area contributed by atoms with E-state index in [0.717, 1.165) is 22.2 Å². The first-order chi connectivity index (χ1) is 9.69. The van der Waals surface area contributed by atoms with E-state index in [-0.39, 0.29) is 11.8 Å². The number of hydrogen-bond donors (Lipinski definition) is 3. The summed E-state index contributed by atoms with van der Waals surface area (Å²) in [5, 5.41) is 20.4. The van der Waals surface area contributed by atoms with Gasteiger partial charge in [-0.05, 0) is 30.2 Å². The SMILES string of the molecule is COc1ccc2[nH]cc(CCn3c(O)ccc3O)c2c1. The second kappa shape index (κ2) is 4.85.